The molecule has 0 aliphatic heterocycles. The van der Waals surface area contributed by atoms with Crippen LogP contribution in [0.25, 0.3) is 0 Å². The maximum absolute atomic E-state index is 6.02. The molecule has 0 fully saturated rings. The lowest BCUT2D eigenvalue weighted by Crippen LogP contribution is -2.18. The predicted molar refractivity (Wildman–Crippen MR) is 71.9 cm³/mol. The lowest BCUT2D eigenvalue weighted by molar-refractivity contribution is 0.0636. The second-order valence-corrected chi connectivity index (χ2v) is 4.09. The van der Waals surface area contributed by atoms with E-state index in [9.17, 15) is 0 Å². The van der Waals surface area contributed by atoms with E-state index in [1.807, 2.05) is 24.3 Å². The summed E-state index contributed by atoms with van der Waals surface area (Å²) in [5, 5.41) is 0. The quantitative estimate of drug-likeness (QED) is 0.685. The minimum Gasteiger partial charge on any atom is -0.494 e. The molecule has 2 N–H and O–H groups in total. The standard InChI is InChI=1S/C14H23NO3/c1-3-8-18-13-6-4-12(5-7-13)14(15)11-17-10-9-16-2/h4-7,14H,3,8-11,15H2,1-2H3. The molecule has 0 heterocycles. The molecule has 0 aliphatic carbocycles. The molecule has 0 saturated carbocycles. The molecule has 4 nitrogen and oxygen atoms in total. The SMILES string of the molecule is CCCOc1ccc(C(N)COCCOC)cc1. The van der Waals surface area contributed by atoms with Crippen molar-refractivity contribution in [3.63, 3.8) is 0 Å². The van der Waals surface area contributed by atoms with E-state index in [1.54, 1.807) is 7.11 Å². The van der Waals surface area contributed by atoms with Crippen LogP contribution in [-0.2, 0) is 9.47 Å². The average molecular weight is 253 g/mol. The predicted octanol–water partition coefficient (Wildman–Crippen LogP) is 2.14. The summed E-state index contributed by atoms with van der Waals surface area (Å²) in [6, 6.07) is 7.74. The molecule has 1 aromatic rings. The molecule has 0 aliphatic rings. The van der Waals surface area contributed by atoms with Crippen LogP contribution in [0.15, 0.2) is 24.3 Å². The van der Waals surface area contributed by atoms with Crippen LogP contribution in [0, 0.1) is 0 Å². The molecule has 4 heteroatoms. The summed E-state index contributed by atoms with van der Waals surface area (Å²) in [5.74, 6) is 0.883. The topological polar surface area (TPSA) is 53.7 Å². The van der Waals surface area contributed by atoms with Gasteiger partial charge in [0, 0.05) is 7.11 Å². The van der Waals surface area contributed by atoms with Gasteiger partial charge in [0.15, 0.2) is 0 Å². The van der Waals surface area contributed by atoms with Crippen molar-refractivity contribution >= 4 is 0 Å². The molecule has 0 saturated heterocycles. The van der Waals surface area contributed by atoms with Crippen molar-refractivity contribution in [1.29, 1.82) is 0 Å². The van der Waals surface area contributed by atoms with Gasteiger partial charge in [-0.05, 0) is 24.1 Å². The van der Waals surface area contributed by atoms with Crippen molar-refractivity contribution in [2.24, 2.45) is 5.73 Å². The summed E-state index contributed by atoms with van der Waals surface area (Å²) in [7, 11) is 1.65. The maximum atomic E-state index is 6.02. The lowest BCUT2D eigenvalue weighted by Gasteiger charge is -2.13. The number of benzene rings is 1. The van der Waals surface area contributed by atoms with Crippen LogP contribution >= 0.6 is 0 Å². The second kappa shape index (κ2) is 8.91. The molecule has 102 valence electrons. The van der Waals surface area contributed by atoms with Crippen molar-refractivity contribution < 1.29 is 14.2 Å². The Morgan fingerprint density at radius 2 is 1.83 bits per heavy atom. The molecule has 0 spiro atoms. The van der Waals surface area contributed by atoms with Crippen molar-refractivity contribution in [3.8, 4) is 5.75 Å². The van der Waals surface area contributed by atoms with Crippen LogP contribution in [0.5, 0.6) is 5.75 Å². The number of hydrogen-bond donors (Lipinski definition) is 1. The molecule has 1 aromatic carbocycles. The first-order valence-corrected chi connectivity index (χ1v) is 6.33. The van der Waals surface area contributed by atoms with E-state index in [-0.39, 0.29) is 6.04 Å². The van der Waals surface area contributed by atoms with E-state index in [0.717, 1.165) is 24.3 Å². The Labute approximate surface area is 109 Å². The molecule has 0 radical (unpaired) electrons. The Morgan fingerprint density at radius 1 is 1.11 bits per heavy atom. The van der Waals surface area contributed by atoms with Gasteiger partial charge >= 0.3 is 0 Å². The third-order valence-corrected chi connectivity index (χ3v) is 2.51. The fourth-order valence-electron chi connectivity index (χ4n) is 1.48. The van der Waals surface area contributed by atoms with Gasteiger partial charge in [-0.2, -0.15) is 0 Å². The number of ether oxygens (including phenoxy) is 3. The number of hydrogen-bond acceptors (Lipinski definition) is 4. The Bertz CT molecular complexity index is 313. The molecule has 0 bridgehead atoms. The van der Waals surface area contributed by atoms with E-state index in [0.29, 0.717) is 19.8 Å². The number of nitrogens with two attached hydrogens (primary N) is 1. The summed E-state index contributed by atoms with van der Waals surface area (Å²) in [5.41, 5.74) is 7.07. The first kappa shape index (κ1) is 15.0. The minimum absolute atomic E-state index is 0.109. The van der Waals surface area contributed by atoms with Crippen LogP contribution in [0.2, 0.25) is 0 Å². The zero-order valence-electron chi connectivity index (χ0n) is 11.2. The highest BCUT2D eigenvalue weighted by Crippen LogP contribution is 2.16. The van der Waals surface area contributed by atoms with E-state index >= 15 is 0 Å². The van der Waals surface area contributed by atoms with E-state index in [1.165, 1.54) is 0 Å². The summed E-state index contributed by atoms with van der Waals surface area (Å²) >= 11 is 0. The lowest BCUT2D eigenvalue weighted by atomic mass is 10.1. The Morgan fingerprint density at radius 3 is 2.44 bits per heavy atom. The largest absolute Gasteiger partial charge is 0.494 e. The molecular formula is C14H23NO3. The van der Waals surface area contributed by atoms with Crippen molar-refractivity contribution in [3.05, 3.63) is 29.8 Å². The van der Waals surface area contributed by atoms with E-state index in [2.05, 4.69) is 6.92 Å². The third-order valence-electron chi connectivity index (χ3n) is 2.51. The average Bonchev–Trinajstić information content (AvgIpc) is 2.41. The van der Waals surface area contributed by atoms with Crippen molar-refractivity contribution in [1.82, 2.24) is 0 Å². The van der Waals surface area contributed by atoms with Crippen LogP contribution in [0.1, 0.15) is 24.9 Å². The molecule has 0 aromatic heterocycles. The van der Waals surface area contributed by atoms with Gasteiger partial charge < -0.3 is 19.9 Å². The number of methoxy groups -OCH3 is 1. The van der Waals surface area contributed by atoms with Gasteiger partial charge in [0.25, 0.3) is 0 Å². The van der Waals surface area contributed by atoms with Crippen LogP contribution in [-0.4, -0.2) is 33.5 Å². The monoisotopic (exact) mass is 253 g/mol. The second-order valence-electron chi connectivity index (χ2n) is 4.09. The summed E-state index contributed by atoms with van der Waals surface area (Å²) < 4.78 is 15.8. The first-order valence-electron chi connectivity index (χ1n) is 6.33. The zero-order valence-corrected chi connectivity index (χ0v) is 11.2. The fourth-order valence-corrected chi connectivity index (χ4v) is 1.48. The molecule has 1 rings (SSSR count). The Hall–Kier alpha value is -1.10. The highest BCUT2D eigenvalue weighted by molar-refractivity contribution is 5.29. The van der Waals surface area contributed by atoms with Crippen LogP contribution in [0.4, 0.5) is 0 Å². The van der Waals surface area contributed by atoms with Gasteiger partial charge in [0.05, 0.1) is 32.5 Å². The van der Waals surface area contributed by atoms with Crippen LogP contribution in [0.3, 0.4) is 0 Å². The van der Waals surface area contributed by atoms with E-state index in [4.69, 9.17) is 19.9 Å². The molecular weight excluding hydrogens is 230 g/mol. The molecule has 18 heavy (non-hydrogen) atoms. The number of rotatable bonds is 9. The molecule has 1 unspecified atom stereocenters. The van der Waals surface area contributed by atoms with E-state index < -0.39 is 0 Å². The van der Waals surface area contributed by atoms with Gasteiger partial charge in [-0.25, -0.2) is 0 Å². The fraction of sp³-hybridized carbons (Fsp3) is 0.571. The highest BCUT2D eigenvalue weighted by Gasteiger charge is 2.06. The van der Waals surface area contributed by atoms with Gasteiger partial charge in [0.1, 0.15) is 5.75 Å². The van der Waals surface area contributed by atoms with Crippen molar-refractivity contribution in [2.45, 2.75) is 19.4 Å². The summed E-state index contributed by atoms with van der Waals surface area (Å²) in [4.78, 5) is 0. The normalized spacial score (nSPS) is 12.4. The van der Waals surface area contributed by atoms with Gasteiger partial charge in [-0.1, -0.05) is 19.1 Å². The zero-order chi connectivity index (χ0) is 13.2. The molecule has 1 atom stereocenters. The molecule has 0 amide bonds. The third kappa shape index (κ3) is 5.49. The summed E-state index contributed by atoms with van der Waals surface area (Å²) in [6.07, 6.45) is 1.01. The highest BCUT2D eigenvalue weighted by atomic mass is 16.5. The van der Waals surface area contributed by atoms with Crippen LogP contribution < -0.4 is 10.5 Å². The van der Waals surface area contributed by atoms with Gasteiger partial charge in [-0.3, -0.25) is 0 Å². The van der Waals surface area contributed by atoms with Gasteiger partial charge in [0.2, 0.25) is 0 Å². The first-order chi connectivity index (χ1) is 8.77. The summed E-state index contributed by atoms with van der Waals surface area (Å²) in [6.45, 7) is 4.49. The minimum atomic E-state index is -0.109. The Balaban J connectivity index is 2.36. The van der Waals surface area contributed by atoms with Crippen molar-refractivity contribution in [2.75, 3.05) is 33.5 Å². The van der Waals surface area contributed by atoms with Gasteiger partial charge in [-0.15, -0.1) is 0 Å². The Kier molecular flexibility index (Phi) is 7.41. The smallest absolute Gasteiger partial charge is 0.119 e. The maximum Gasteiger partial charge on any atom is 0.119 e.